The number of morpholine rings is 1. The Bertz CT molecular complexity index is 892. The maximum atomic E-state index is 12.6. The quantitative estimate of drug-likeness (QED) is 0.718. The second kappa shape index (κ2) is 10.0. The van der Waals surface area contributed by atoms with Crippen molar-refractivity contribution in [2.24, 2.45) is 0 Å². The van der Waals surface area contributed by atoms with E-state index in [-0.39, 0.29) is 16.7 Å². The zero-order valence-corrected chi connectivity index (χ0v) is 17.5. The number of carbonyl (C=O) groups excluding carboxylic acids is 1. The first kappa shape index (κ1) is 21.5. The molecule has 2 aromatic carbocycles. The molecule has 1 unspecified atom stereocenters. The number of hydrogen-bond acceptors (Lipinski definition) is 4. The van der Waals surface area contributed by atoms with Crippen LogP contribution in [0.15, 0.2) is 59.5 Å². The molecule has 1 N–H and O–H groups in total. The predicted octanol–water partition coefficient (Wildman–Crippen LogP) is 2.56. The minimum atomic E-state index is -3.48. The molecule has 156 valence electrons. The first-order valence-corrected chi connectivity index (χ1v) is 11.4. The van der Waals surface area contributed by atoms with E-state index in [2.05, 4.69) is 24.4 Å². The van der Waals surface area contributed by atoms with Crippen LogP contribution in [0.25, 0.3) is 0 Å². The van der Waals surface area contributed by atoms with Gasteiger partial charge in [-0.2, -0.15) is 4.31 Å². The van der Waals surface area contributed by atoms with Crippen molar-refractivity contribution in [1.82, 2.24) is 9.62 Å². The number of amides is 1. The molecule has 29 heavy (non-hydrogen) atoms. The first-order chi connectivity index (χ1) is 14.0. The Hall–Kier alpha value is -2.22. The lowest BCUT2D eigenvalue weighted by Crippen LogP contribution is -2.40. The van der Waals surface area contributed by atoms with Crippen LogP contribution in [-0.4, -0.2) is 51.5 Å². The molecule has 1 aliphatic heterocycles. The summed E-state index contributed by atoms with van der Waals surface area (Å²) in [6, 6.07) is 16.9. The fraction of sp³-hybridized carbons (Fsp3) is 0.409. The molecule has 1 amide bonds. The Morgan fingerprint density at radius 2 is 1.72 bits per heavy atom. The summed E-state index contributed by atoms with van der Waals surface area (Å²) in [5.74, 6) is 0.252. The number of ether oxygens (including phenoxy) is 1. The SMILES string of the molecule is CC(CNC(=O)CCc1ccc(S(=O)(=O)N2CCOCC2)cc1)c1ccccc1. The van der Waals surface area contributed by atoms with Crippen molar-refractivity contribution in [2.45, 2.75) is 30.6 Å². The second-order valence-electron chi connectivity index (χ2n) is 7.28. The molecule has 3 rings (SSSR count). The molecule has 0 aromatic heterocycles. The van der Waals surface area contributed by atoms with Gasteiger partial charge in [-0.3, -0.25) is 4.79 Å². The normalized spacial score (nSPS) is 16.3. The molecule has 2 aromatic rings. The van der Waals surface area contributed by atoms with Gasteiger partial charge in [0, 0.05) is 26.1 Å². The van der Waals surface area contributed by atoms with Gasteiger partial charge in [0.2, 0.25) is 15.9 Å². The van der Waals surface area contributed by atoms with Crippen molar-refractivity contribution in [3.05, 3.63) is 65.7 Å². The van der Waals surface area contributed by atoms with Crippen LogP contribution in [0.4, 0.5) is 0 Å². The van der Waals surface area contributed by atoms with Gasteiger partial charge in [-0.05, 0) is 35.6 Å². The Kier molecular flexibility index (Phi) is 7.41. The molecule has 6 nitrogen and oxygen atoms in total. The van der Waals surface area contributed by atoms with Gasteiger partial charge in [-0.15, -0.1) is 0 Å². The lowest BCUT2D eigenvalue weighted by molar-refractivity contribution is -0.121. The molecule has 0 aliphatic carbocycles. The highest BCUT2D eigenvalue weighted by Gasteiger charge is 2.26. The molecule has 1 aliphatic rings. The number of hydrogen-bond donors (Lipinski definition) is 1. The number of aryl methyl sites for hydroxylation is 1. The third-order valence-corrected chi connectivity index (χ3v) is 7.06. The van der Waals surface area contributed by atoms with Crippen LogP contribution in [0.1, 0.15) is 30.4 Å². The monoisotopic (exact) mass is 416 g/mol. The maximum absolute atomic E-state index is 12.6. The predicted molar refractivity (Wildman–Crippen MR) is 112 cm³/mol. The van der Waals surface area contributed by atoms with E-state index in [0.29, 0.717) is 45.7 Å². The number of benzene rings is 2. The number of carbonyl (C=O) groups is 1. The second-order valence-corrected chi connectivity index (χ2v) is 9.21. The van der Waals surface area contributed by atoms with Gasteiger partial charge in [0.25, 0.3) is 0 Å². The maximum Gasteiger partial charge on any atom is 0.243 e. The molecule has 1 atom stereocenters. The highest BCUT2D eigenvalue weighted by molar-refractivity contribution is 7.89. The highest BCUT2D eigenvalue weighted by Crippen LogP contribution is 2.18. The molecular formula is C22H28N2O4S. The number of sulfonamides is 1. The van der Waals surface area contributed by atoms with Gasteiger partial charge in [0.1, 0.15) is 0 Å². The van der Waals surface area contributed by atoms with E-state index in [1.165, 1.54) is 9.87 Å². The molecular weight excluding hydrogens is 388 g/mol. The van der Waals surface area contributed by atoms with E-state index in [1.54, 1.807) is 24.3 Å². The van der Waals surface area contributed by atoms with Crippen molar-refractivity contribution in [1.29, 1.82) is 0 Å². The summed E-state index contributed by atoms with van der Waals surface area (Å²) < 4.78 is 31.9. The minimum Gasteiger partial charge on any atom is -0.379 e. The summed E-state index contributed by atoms with van der Waals surface area (Å²) in [5, 5.41) is 2.98. The van der Waals surface area contributed by atoms with Crippen molar-refractivity contribution >= 4 is 15.9 Å². The van der Waals surface area contributed by atoms with Crippen molar-refractivity contribution < 1.29 is 17.9 Å². The lowest BCUT2D eigenvalue weighted by Gasteiger charge is -2.26. The smallest absolute Gasteiger partial charge is 0.243 e. The standard InChI is InChI=1S/C22H28N2O4S/c1-18(20-5-3-2-4-6-20)17-23-22(25)12-9-19-7-10-21(11-8-19)29(26,27)24-13-15-28-16-14-24/h2-8,10-11,18H,9,12-17H2,1H3,(H,23,25). The van der Waals surface area contributed by atoms with Crippen molar-refractivity contribution in [3.63, 3.8) is 0 Å². The summed E-state index contributed by atoms with van der Waals surface area (Å²) in [5.41, 5.74) is 2.14. The van der Waals surface area contributed by atoms with Crippen LogP contribution in [0.3, 0.4) is 0 Å². The molecule has 0 saturated carbocycles. The summed E-state index contributed by atoms with van der Waals surface area (Å²) in [6.45, 7) is 4.30. The number of nitrogens with zero attached hydrogens (tertiary/aromatic N) is 1. The van der Waals surface area contributed by atoms with Crippen LogP contribution in [-0.2, 0) is 26.0 Å². The van der Waals surface area contributed by atoms with Crippen molar-refractivity contribution in [2.75, 3.05) is 32.8 Å². The van der Waals surface area contributed by atoms with Gasteiger partial charge in [0.15, 0.2) is 0 Å². The Morgan fingerprint density at radius 3 is 2.38 bits per heavy atom. The largest absolute Gasteiger partial charge is 0.379 e. The molecule has 0 radical (unpaired) electrons. The first-order valence-electron chi connectivity index (χ1n) is 9.95. The van der Waals surface area contributed by atoms with Gasteiger partial charge >= 0.3 is 0 Å². The van der Waals surface area contributed by atoms with E-state index >= 15 is 0 Å². The van der Waals surface area contributed by atoms with Crippen LogP contribution < -0.4 is 5.32 Å². The third-order valence-electron chi connectivity index (χ3n) is 5.15. The summed E-state index contributed by atoms with van der Waals surface area (Å²) in [4.78, 5) is 12.4. The van der Waals surface area contributed by atoms with E-state index in [0.717, 1.165) is 5.56 Å². The highest BCUT2D eigenvalue weighted by atomic mass is 32.2. The number of rotatable bonds is 8. The van der Waals surface area contributed by atoms with E-state index in [1.807, 2.05) is 18.2 Å². The Labute approximate surface area is 172 Å². The van der Waals surface area contributed by atoms with Crippen LogP contribution in [0.5, 0.6) is 0 Å². The molecule has 1 saturated heterocycles. The van der Waals surface area contributed by atoms with E-state index in [4.69, 9.17) is 4.74 Å². The Balaban J connectivity index is 1.48. The molecule has 1 heterocycles. The van der Waals surface area contributed by atoms with Gasteiger partial charge in [-0.25, -0.2) is 8.42 Å². The fourth-order valence-electron chi connectivity index (χ4n) is 3.28. The molecule has 1 fully saturated rings. The minimum absolute atomic E-state index is 0.00204. The Morgan fingerprint density at radius 1 is 1.07 bits per heavy atom. The van der Waals surface area contributed by atoms with E-state index < -0.39 is 10.0 Å². The summed E-state index contributed by atoms with van der Waals surface area (Å²) in [7, 11) is -3.48. The lowest BCUT2D eigenvalue weighted by atomic mass is 10.0. The van der Waals surface area contributed by atoms with Crippen LogP contribution in [0.2, 0.25) is 0 Å². The van der Waals surface area contributed by atoms with Crippen LogP contribution in [0, 0.1) is 0 Å². The average molecular weight is 417 g/mol. The number of nitrogens with one attached hydrogen (secondary N) is 1. The van der Waals surface area contributed by atoms with E-state index in [9.17, 15) is 13.2 Å². The summed E-state index contributed by atoms with van der Waals surface area (Å²) >= 11 is 0. The average Bonchev–Trinajstić information content (AvgIpc) is 2.77. The topological polar surface area (TPSA) is 75.7 Å². The van der Waals surface area contributed by atoms with Crippen molar-refractivity contribution in [3.8, 4) is 0 Å². The summed E-state index contributed by atoms with van der Waals surface area (Å²) in [6.07, 6.45) is 0.945. The third kappa shape index (κ3) is 5.88. The molecule has 0 bridgehead atoms. The molecule has 0 spiro atoms. The van der Waals surface area contributed by atoms with Gasteiger partial charge < -0.3 is 10.1 Å². The van der Waals surface area contributed by atoms with Gasteiger partial charge in [0.05, 0.1) is 18.1 Å². The van der Waals surface area contributed by atoms with Gasteiger partial charge in [-0.1, -0.05) is 49.4 Å². The zero-order chi connectivity index (χ0) is 20.7. The fourth-order valence-corrected chi connectivity index (χ4v) is 4.68. The van der Waals surface area contributed by atoms with Crippen LogP contribution >= 0.6 is 0 Å². The zero-order valence-electron chi connectivity index (χ0n) is 16.7. The molecule has 7 heteroatoms.